The van der Waals surface area contributed by atoms with Gasteiger partial charge in [0.05, 0.1) is 12.7 Å². The zero-order valence-electron chi connectivity index (χ0n) is 14.2. The molecule has 0 bridgehead atoms. The normalized spacial score (nSPS) is 18.4. The van der Waals surface area contributed by atoms with Crippen LogP contribution in [0.1, 0.15) is 37.5 Å². The van der Waals surface area contributed by atoms with Crippen molar-refractivity contribution in [2.24, 2.45) is 0 Å². The summed E-state index contributed by atoms with van der Waals surface area (Å²) < 4.78 is 5.65. The molecule has 2 rings (SSSR count). The molecular formula is C18H30N2O2. The van der Waals surface area contributed by atoms with E-state index in [1.807, 2.05) is 25.1 Å². The molecule has 1 heterocycles. The highest BCUT2D eigenvalue weighted by Crippen LogP contribution is 2.28. The van der Waals surface area contributed by atoms with Crippen LogP contribution in [0.4, 0.5) is 0 Å². The zero-order valence-corrected chi connectivity index (χ0v) is 14.2. The minimum Gasteiger partial charge on any atom is -0.493 e. The van der Waals surface area contributed by atoms with Crippen LogP contribution in [0.3, 0.4) is 0 Å². The van der Waals surface area contributed by atoms with Gasteiger partial charge in [-0.15, -0.1) is 0 Å². The predicted octanol–water partition coefficient (Wildman–Crippen LogP) is 2.45. The van der Waals surface area contributed by atoms with Gasteiger partial charge in [0.25, 0.3) is 0 Å². The molecule has 22 heavy (non-hydrogen) atoms. The molecule has 124 valence electrons. The topological polar surface area (TPSA) is 35.9 Å². The molecule has 0 radical (unpaired) electrons. The van der Waals surface area contributed by atoms with Crippen LogP contribution >= 0.6 is 0 Å². The molecule has 1 aliphatic heterocycles. The Morgan fingerprint density at radius 1 is 1.14 bits per heavy atom. The van der Waals surface area contributed by atoms with E-state index in [0.717, 1.165) is 62.6 Å². The highest BCUT2D eigenvalue weighted by atomic mass is 16.5. The molecule has 1 N–H and O–H groups in total. The molecular weight excluding hydrogens is 276 g/mol. The van der Waals surface area contributed by atoms with Crippen LogP contribution in [0, 0.1) is 6.92 Å². The van der Waals surface area contributed by atoms with Crippen molar-refractivity contribution in [3.05, 3.63) is 29.3 Å². The van der Waals surface area contributed by atoms with Crippen molar-refractivity contribution < 1.29 is 9.84 Å². The number of benzene rings is 1. The predicted molar refractivity (Wildman–Crippen MR) is 90.5 cm³/mol. The van der Waals surface area contributed by atoms with Gasteiger partial charge in [0.15, 0.2) is 0 Å². The first kappa shape index (κ1) is 17.3. The van der Waals surface area contributed by atoms with Crippen LogP contribution in [0.25, 0.3) is 0 Å². The standard InChI is InChI=1S/C18H30N2O2/c1-4-19-10-12-20(13-11-19)9-8-17(21)16-14-15(3)6-7-18(16)22-5-2/h6-7,14,17,21H,4-5,8-13H2,1-3H3. The summed E-state index contributed by atoms with van der Waals surface area (Å²) in [6.07, 6.45) is 0.306. The number of piperazine rings is 1. The fourth-order valence-corrected chi connectivity index (χ4v) is 3.00. The lowest BCUT2D eigenvalue weighted by Gasteiger charge is -2.34. The fraction of sp³-hybridized carbons (Fsp3) is 0.667. The third-order valence-corrected chi connectivity index (χ3v) is 4.46. The monoisotopic (exact) mass is 306 g/mol. The molecule has 1 aliphatic rings. The lowest BCUT2D eigenvalue weighted by Crippen LogP contribution is -2.46. The van der Waals surface area contributed by atoms with Crippen LogP contribution in [-0.2, 0) is 0 Å². The largest absolute Gasteiger partial charge is 0.493 e. The summed E-state index contributed by atoms with van der Waals surface area (Å²) in [6, 6.07) is 6.05. The van der Waals surface area contributed by atoms with E-state index in [1.165, 1.54) is 0 Å². The quantitative estimate of drug-likeness (QED) is 0.839. The summed E-state index contributed by atoms with van der Waals surface area (Å²) in [6.45, 7) is 13.4. The average molecular weight is 306 g/mol. The summed E-state index contributed by atoms with van der Waals surface area (Å²) in [5.74, 6) is 0.816. The van der Waals surface area contributed by atoms with Gasteiger partial charge >= 0.3 is 0 Å². The summed E-state index contributed by atoms with van der Waals surface area (Å²) in [7, 11) is 0. The van der Waals surface area contributed by atoms with Gasteiger partial charge in [-0.1, -0.05) is 18.6 Å². The first-order chi connectivity index (χ1) is 10.6. The maximum Gasteiger partial charge on any atom is 0.125 e. The highest BCUT2D eigenvalue weighted by molar-refractivity contribution is 5.38. The number of aryl methyl sites for hydroxylation is 1. The lowest BCUT2D eigenvalue weighted by atomic mass is 10.0. The van der Waals surface area contributed by atoms with Crippen LogP contribution in [-0.4, -0.2) is 60.8 Å². The minimum atomic E-state index is -0.453. The van der Waals surface area contributed by atoms with E-state index >= 15 is 0 Å². The maximum absolute atomic E-state index is 10.6. The van der Waals surface area contributed by atoms with Gasteiger partial charge in [0.2, 0.25) is 0 Å². The molecule has 0 aliphatic carbocycles. The molecule has 1 aromatic rings. The molecule has 1 aromatic carbocycles. The van der Waals surface area contributed by atoms with Crippen molar-refractivity contribution in [2.45, 2.75) is 33.3 Å². The SMILES string of the molecule is CCOc1ccc(C)cc1C(O)CCN1CCN(CC)CC1. The number of hydrogen-bond donors (Lipinski definition) is 1. The van der Waals surface area contributed by atoms with Gasteiger partial charge in [-0.3, -0.25) is 0 Å². The Bertz CT molecular complexity index is 456. The van der Waals surface area contributed by atoms with E-state index in [9.17, 15) is 5.11 Å². The second-order valence-electron chi connectivity index (χ2n) is 6.05. The van der Waals surface area contributed by atoms with Gasteiger partial charge in [0, 0.05) is 38.3 Å². The van der Waals surface area contributed by atoms with E-state index in [2.05, 4.69) is 23.6 Å². The first-order valence-corrected chi connectivity index (χ1v) is 8.50. The molecule has 4 nitrogen and oxygen atoms in total. The summed E-state index contributed by atoms with van der Waals surface area (Å²) in [5.41, 5.74) is 2.09. The van der Waals surface area contributed by atoms with Crippen LogP contribution in [0.5, 0.6) is 5.75 Å². The smallest absolute Gasteiger partial charge is 0.125 e. The lowest BCUT2D eigenvalue weighted by molar-refractivity contribution is 0.103. The Kier molecular flexibility index (Phi) is 6.68. The summed E-state index contributed by atoms with van der Waals surface area (Å²) in [4.78, 5) is 4.92. The second kappa shape index (κ2) is 8.51. The van der Waals surface area contributed by atoms with E-state index in [1.54, 1.807) is 0 Å². The number of nitrogens with zero attached hydrogens (tertiary/aromatic N) is 2. The van der Waals surface area contributed by atoms with Gasteiger partial charge < -0.3 is 19.6 Å². The number of ether oxygens (including phenoxy) is 1. The van der Waals surface area contributed by atoms with Crippen molar-refractivity contribution >= 4 is 0 Å². The Balaban J connectivity index is 1.89. The van der Waals surface area contributed by atoms with Crippen molar-refractivity contribution in [1.82, 2.24) is 9.80 Å². The summed E-state index contributed by atoms with van der Waals surface area (Å²) in [5, 5.41) is 10.6. The molecule has 0 aromatic heterocycles. The molecule has 0 saturated carbocycles. The number of aliphatic hydroxyl groups excluding tert-OH is 1. The van der Waals surface area contributed by atoms with Crippen molar-refractivity contribution in [2.75, 3.05) is 45.9 Å². The molecule has 0 amide bonds. The number of likely N-dealkylation sites (N-methyl/N-ethyl adjacent to an activating group) is 1. The summed E-state index contributed by atoms with van der Waals surface area (Å²) >= 11 is 0. The zero-order chi connectivity index (χ0) is 15.9. The Morgan fingerprint density at radius 3 is 2.45 bits per heavy atom. The maximum atomic E-state index is 10.6. The van der Waals surface area contributed by atoms with E-state index in [4.69, 9.17) is 4.74 Å². The van der Waals surface area contributed by atoms with Crippen LogP contribution < -0.4 is 4.74 Å². The second-order valence-corrected chi connectivity index (χ2v) is 6.05. The highest BCUT2D eigenvalue weighted by Gasteiger charge is 2.18. The molecule has 1 fully saturated rings. The van der Waals surface area contributed by atoms with Gasteiger partial charge in [0.1, 0.15) is 5.75 Å². The molecule has 1 saturated heterocycles. The van der Waals surface area contributed by atoms with Crippen molar-refractivity contribution in [3.8, 4) is 5.75 Å². The number of rotatable bonds is 7. The Morgan fingerprint density at radius 2 is 1.82 bits per heavy atom. The molecule has 1 unspecified atom stereocenters. The first-order valence-electron chi connectivity index (χ1n) is 8.50. The number of hydrogen-bond acceptors (Lipinski definition) is 4. The van der Waals surface area contributed by atoms with Gasteiger partial charge in [-0.2, -0.15) is 0 Å². The third kappa shape index (κ3) is 4.70. The van der Waals surface area contributed by atoms with E-state index in [0.29, 0.717) is 6.61 Å². The van der Waals surface area contributed by atoms with Crippen molar-refractivity contribution in [1.29, 1.82) is 0 Å². The van der Waals surface area contributed by atoms with Crippen molar-refractivity contribution in [3.63, 3.8) is 0 Å². The number of aliphatic hydroxyl groups is 1. The van der Waals surface area contributed by atoms with Gasteiger partial charge in [-0.25, -0.2) is 0 Å². The van der Waals surface area contributed by atoms with Crippen LogP contribution in [0.2, 0.25) is 0 Å². The average Bonchev–Trinajstić information content (AvgIpc) is 2.55. The molecule has 1 atom stereocenters. The third-order valence-electron chi connectivity index (χ3n) is 4.46. The Hall–Kier alpha value is -1.10. The molecule has 0 spiro atoms. The van der Waals surface area contributed by atoms with Crippen LogP contribution in [0.15, 0.2) is 18.2 Å². The fourth-order valence-electron chi connectivity index (χ4n) is 3.00. The van der Waals surface area contributed by atoms with E-state index < -0.39 is 6.10 Å². The van der Waals surface area contributed by atoms with E-state index in [-0.39, 0.29) is 0 Å². The van der Waals surface area contributed by atoms with Gasteiger partial charge in [-0.05, 0) is 38.9 Å². The minimum absolute atomic E-state index is 0.453. The molecule has 4 heteroatoms. The Labute approximate surface area is 134 Å².